The maximum absolute atomic E-state index is 14.4. The number of likely N-dealkylation sites (tertiary alicyclic amines) is 1. The van der Waals surface area contributed by atoms with Crippen molar-refractivity contribution in [2.24, 2.45) is 5.92 Å². The Morgan fingerprint density at radius 3 is 2.51 bits per heavy atom. The predicted octanol–water partition coefficient (Wildman–Crippen LogP) is 2.58. The molecule has 2 heterocycles. The van der Waals surface area contributed by atoms with Gasteiger partial charge in [-0.25, -0.2) is 18.2 Å². The van der Waals surface area contributed by atoms with E-state index in [2.05, 4.69) is 26.9 Å². The van der Waals surface area contributed by atoms with Gasteiger partial charge in [0.05, 0.1) is 25.0 Å². The highest BCUT2D eigenvalue weighted by Crippen LogP contribution is 2.45. The number of amides is 4. The van der Waals surface area contributed by atoms with Gasteiger partial charge in [0.1, 0.15) is 35.1 Å². The number of nitrogens with zero attached hydrogens (tertiary/aromatic N) is 2. The van der Waals surface area contributed by atoms with Crippen molar-refractivity contribution in [2.75, 3.05) is 20.8 Å². The fraction of sp³-hybridized carbons (Fsp3) is 0.571. The molecule has 5 rings (SSSR count). The molecule has 1 aliphatic heterocycles. The topological polar surface area (TPSA) is 192 Å². The summed E-state index contributed by atoms with van der Waals surface area (Å²) in [5.41, 5.74) is -2.38. The standard InChI is InChI=1S/C35H47N5O10S/c1-8-22-18-35(22,32(43)39-51(45,46)25-11-12-25)38-29(41)27-17-24(49-30-26-13-10-23(48-7)16-21(26)14-15-36-30)19-40(27)31(42)28(20(3)47-6)37-33(44)50-34(4,5)9-2/h8,10,13-16,20,22,24-25,27-28H,1,9,11-12,17-19H2,2-7H3,(H,37,44)(H,38,41)(H,39,43)/t20-,22+,24+,27-,28-,35+/m0/s1. The molecule has 0 unspecified atom stereocenters. The highest BCUT2D eigenvalue weighted by molar-refractivity contribution is 7.91. The van der Waals surface area contributed by atoms with Crippen LogP contribution in [0.15, 0.2) is 43.1 Å². The number of hydrogen-bond donors (Lipinski definition) is 3. The molecule has 1 aromatic heterocycles. The van der Waals surface area contributed by atoms with Crippen molar-refractivity contribution in [1.29, 1.82) is 0 Å². The molecule has 3 N–H and O–H groups in total. The molecule has 0 radical (unpaired) electrons. The lowest BCUT2D eigenvalue weighted by atomic mass is 10.1. The summed E-state index contributed by atoms with van der Waals surface area (Å²) >= 11 is 0. The van der Waals surface area contributed by atoms with E-state index in [-0.39, 0.29) is 25.3 Å². The van der Waals surface area contributed by atoms with Gasteiger partial charge in [-0.15, -0.1) is 6.58 Å². The molecule has 15 nitrogen and oxygen atoms in total. The first-order valence-electron chi connectivity index (χ1n) is 17.0. The summed E-state index contributed by atoms with van der Waals surface area (Å²) in [6.45, 7) is 10.6. The average molecular weight is 730 g/mol. The van der Waals surface area contributed by atoms with Crippen LogP contribution < -0.4 is 24.8 Å². The second-order valence-corrected chi connectivity index (χ2v) is 15.9. The Labute approximate surface area is 297 Å². The first-order valence-corrected chi connectivity index (χ1v) is 18.6. The number of fused-ring (bicyclic) bond motifs is 1. The number of hydrogen-bond acceptors (Lipinski definition) is 11. The van der Waals surface area contributed by atoms with E-state index in [1.54, 1.807) is 52.3 Å². The molecule has 2 aromatic rings. The summed E-state index contributed by atoms with van der Waals surface area (Å²) in [5.74, 6) is -1.84. The number of ether oxygens (including phenoxy) is 4. The highest BCUT2D eigenvalue weighted by Gasteiger charge is 2.62. The Bertz CT molecular complexity index is 1800. The Balaban J connectivity index is 1.43. The van der Waals surface area contributed by atoms with Gasteiger partial charge in [0.25, 0.3) is 5.91 Å². The number of benzene rings is 1. The Morgan fingerprint density at radius 1 is 1.18 bits per heavy atom. The lowest BCUT2D eigenvalue weighted by Gasteiger charge is -2.32. The largest absolute Gasteiger partial charge is 0.497 e. The number of nitrogens with one attached hydrogen (secondary N) is 3. The summed E-state index contributed by atoms with van der Waals surface area (Å²) in [7, 11) is -0.962. The van der Waals surface area contributed by atoms with Gasteiger partial charge in [0.2, 0.25) is 27.7 Å². The van der Waals surface area contributed by atoms with Crippen LogP contribution in [0.25, 0.3) is 10.8 Å². The van der Waals surface area contributed by atoms with Gasteiger partial charge in [-0.05, 0) is 76.1 Å². The number of alkyl carbamates (subject to hydrolysis) is 1. The summed E-state index contributed by atoms with van der Waals surface area (Å²) in [6, 6.07) is 4.72. The fourth-order valence-electron chi connectivity index (χ4n) is 6.08. The van der Waals surface area contributed by atoms with Crippen LogP contribution in [0.1, 0.15) is 59.8 Å². The monoisotopic (exact) mass is 729 g/mol. The van der Waals surface area contributed by atoms with Crippen LogP contribution in [0.3, 0.4) is 0 Å². The molecule has 3 fully saturated rings. The van der Waals surface area contributed by atoms with Crippen LogP contribution >= 0.6 is 0 Å². The number of aromatic nitrogens is 1. The van der Waals surface area contributed by atoms with Gasteiger partial charge in [-0.3, -0.25) is 19.1 Å². The quantitative estimate of drug-likeness (QED) is 0.228. The van der Waals surface area contributed by atoms with E-state index in [0.717, 1.165) is 5.39 Å². The summed E-state index contributed by atoms with van der Waals surface area (Å²) < 4.78 is 50.1. The third-order valence-electron chi connectivity index (χ3n) is 9.91. The molecular weight excluding hydrogens is 682 g/mol. The van der Waals surface area contributed by atoms with Crippen molar-refractivity contribution >= 4 is 44.6 Å². The molecule has 1 aromatic carbocycles. The molecule has 0 spiro atoms. The van der Waals surface area contributed by atoms with E-state index in [9.17, 15) is 27.6 Å². The van der Waals surface area contributed by atoms with Gasteiger partial charge >= 0.3 is 6.09 Å². The molecule has 51 heavy (non-hydrogen) atoms. The van der Waals surface area contributed by atoms with Crippen LogP contribution in [-0.2, 0) is 33.9 Å². The molecule has 6 atom stereocenters. The number of carbonyl (C=O) groups is 4. The van der Waals surface area contributed by atoms with Crippen molar-refractivity contribution in [3.8, 4) is 11.6 Å². The van der Waals surface area contributed by atoms with Gasteiger partial charge < -0.3 is 34.5 Å². The Kier molecular flexibility index (Phi) is 10.9. The van der Waals surface area contributed by atoms with E-state index < -0.39 is 80.4 Å². The van der Waals surface area contributed by atoms with E-state index >= 15 is 0 Å². The third-order valence-corrected chi connectivity index (χ3v) is 11.7. The number of carbonyl (C=O) groups excluding carboxylic acids is 4. The van der Waals surface area contributed by atoms with Gasteiger partial charge in [-0.1, -0.05) is 13.0 Å². The fourth-order valence-corrected chi connectivity index (χ4v) is 7.44. The van der Waals surface area contributed by atoms with Gasteiger partial charge in [0, 0.05) is 31.0 Å². The molecule has 16 heteroatoms. The van der Waals surface area contributed by atoms with E-state index in [1.807, 2.05) is 13.0 Å². The first-order chi connectivity index (χ1) is 24.1. The molecule has 2 aliphatic carbocycles. The maximum Gasteiger partial charge on any atom is 0.408 e. The number of sulfonamides is 1. The lowest BCUT2D eigenvalue weighted by molar-refractivity contribution is -0.143. The minimum atomic E-state index is -3.91. The van der Waals surface area contributed by atoms with Crippen LogP contribution in [0, 0.1) is 5.92 Å². The van der Waals surface area contributed by atoms with E-state index in [0.29, 0.717) is 30.4 Å². The van der Waals surface area contributed by atoms with Crippen LogP contribution in [0.4, 0.5) is 4.79 Å². The third kappa shape index (κ3) is 8.22. The number of rotatable bonds is 15. The minimum absolute atomic E-state index is 0.00990. The van der Waals surface area contributed by atoms with Gasteiger partial charge in [0.15, 0.2) is 0 Å². The minimum Gasteiger partial charge on any atom is -0.497 e. The van der Waals surface area contributed by atoms with Crippen molar-refractivity contribution in [2.45, 2.75) is 100 Å². The highest BCUT2D eigenvalue weighted by atomic mass is 32.2. The van der Waals surface area contributed by atoms with E-state index in [1.165, 1.54) is 18.1 Å². The maximum atomic E-state index is 14.4. The predicted molar refractivity (Wildman–Crippen MR) is 186 cm³/mol. The van der Waals surface area contributed by atoms with Crippen molar-refractivity contribution in [1.82, 2.24) is 25.2 Å². The number of methoxy groups -OCH3 is 2. The molecule has 3 aliphatic rings. The zero-order chi connectivity index (χ0) is 37.3. The van der Waals surface area contributed by atoms with Crippen LogP contribution in [0.2, 0.25) is 0 Å². The summed E-state index contributed by atoms with van der Waals surface area (Å²) in [4.78, 5) is 60.6. The zero-order valence-electron chi connectivity index (χ0n) is 29.8. The first kappa shape index (κ1) is 37.8. The van der Waals surface area contributed by atoms with Crippen molar-refractivity contribution < 1.29 is 46.5 Å². The van der Waals surface area contributed by atoms with Crippen molar-refractivity contribution in [3.63, 3.8) is 0 Å². The second kappa shape index (κ2) is 14.7. The van der Waals surface area contributed by atoms with E-state index in [4.69, 9.17) is 18.9 Å². The second-order valence-electron chi connectivity index (χ2n) is 13.9. The molecule has 0 bridgehead atoms. The molecule has 278 valence electrons. The summed E-state index contributed by atoms with van der Waals surface area (Å²) in [5, 5.41) is 6.19. The smallest absolute Gasteiger partial charge is 0.408 e. The summed E-state index contributed by atoms with van der Waals surface area (Å²) in [6.07, 6.45) is 2.16. The zero-order valence-corrected chi connectivity index (χ0v) is 30.6. The molecule has 2 saturated carbocycles. The van der Waals surface area contributed by atoms with Crippen LogP contribution in [0.5, 0.6) is 11.6 Å². The number of pyridine rings is 1. The molecule has 4 amide bonds. The Morgan fingerprint density at radius 2 is 1.90 bits per heavy atom. The molecule has 1 saturated heterocycles. The normalized spacial score (nSPS) is 24.2. The SMILES string of the molecule is C=C[C@@H]1C[C@]1(NC(=O)[C@@H]1C[C@@H](Oc2nccc3cc(OC)ccc23)CN1C(=O)[C@@H](NC(=O)OC(C)(C)CC)[C@H](C)OC)C(=O)NS(=O)(=O)C1CC1. The lowest BCUT2D eigenvalue weighted by Crippen LogP contribution is -2.60. The van der Waals surface area contributed by atoms with Gasteiger partial charge in [-0.2, -0.15) is 0 Å². The van der Waals surface area contributed by atoms with Crippen LogP contribution in [-0.4, -0.2) is 104 Å². The van der Waals surface area contributed by atoms with Crippen molar-refractivity contribution in [3.05, 3.63) is 43.1 Å². The Hall–Kier alpha value is -4.44. The molecular formula is C35H47N5O10S. The average Bonchev–Trinajstić information content (AvgIpc) is 4.03.